The Morgan fingerprint density at radius 3 is 2.80 bits per heavy atom. The Bertz CT molecular complexity index is 421. The van der Waals surface area contributed by atoms with Crippen molar-refractivity contribution in [1.29, 1.82) is 5.26 Å². The number of nitrogens with one attached hydrogen (secondary N) is 1. The molecule has 0 aliphatic carbocycles. The number of para-hydroxylation sites is 1. The number of aryl methyl sites for hydroxylation is 1. The van der Waals surface area contributed by atoms with Gasteiger partial charge in [-0.05, 0) is 25.5 Å². The van der Waals surface area contributed by atoms with E-state index in [1.54, 1.807) is 12.1 Å². The molecule has 1 unspecified atom stereocenters. The lowest BCUT2D eigenvalue weighted by atomic mass is 10.1. The van der Waals surface area contributed by atoms with Gasteiger partial charge in [0.1, 0.15) is 12.1 Å². The van der Waals surface area contributed by atoms with Crippen LogP contribution in [-0.4, -0.2) is 17.1 Å². The zero-order valence-electron chi connectivity index (χ0n) is 8.61. The SMILES string of the molecule is Cc1cccc(C#N)c1NC(C)C(=O)O. The van der Waals surface area contributed by atoms with E-state index >= 15 is 0 Å². The Morgan fingerprint density at radius 1 is 1.60 bits per heavy atom. The fraction of sp³-hybridized carbons (Fsp3) is 0.273. The number of anilines is 1. The normalized spacial score (nSPS) is 11.5. The lowest BCUT2D eigenvalue weighted by Gasteiger charge is -2.14. The molecule has 4 nitrogen and oxygen atoms in total. The number of rotatable bonds is 3. The predicted molar refractivity (Wildman–Crippen MR) is 56.6 cm³/mol. The molecule has 1 rings (SSSR count). The summed E-state index contributed by atoms with van der Waals surface area (Å²) in [5.74, 6) is -0.942. The standard InChI is InChI=1S/C11H12N2O2/c1-7-4-3-5-9(6-12)10(7)13-8(2)11(14)15/h3-5,8,13H,1-2H3,(H,14,15). The first kappa shape index (κ1) is 11.1. The maximum absolute atomic E-state index is 10.7. The average molecular weight is 204 g/mol. The molecule has 0 saturated carbocycles. The molecule has 4 heteroatoms. The van der Waals surface area contributed by atoms with Crippen molar-refractivity contribution in [1.82, 2.24) is 0 Å². The predicted octanol–water partition coefficient (Wildman–Crippen LogP) is 1.75. The first-order valence-corrected chi connectivity index (χ1v) is 4.55. The van der Waals surface area contributed by atoms with Crippen molar-refractivity contribution < 1.29 is 9.90 Å². The van der Waals surface area contributed by atoms with Gasteiger partial charge in [-0.25, -0.2) is 0 Å². The van der Waals surface area contributed by atoms with Gasteiger partial charge in [0.05, 0.1) is 11.3 Å². The van der Waals surface area contributed by atoms with Crippen molar-refractivity contribution >= 4 is 11.7 Å². The summed E-state index contributed by atoms with van der Waals surface area (Å²) >= 11 is 0. The molecule has 1 atom stereocenters. The third-order valence-corrected chi connectivity index (χ3v) is 2.12. The summed E-state index contributed by atoms with van der Waals surface area (Å²) in [6.45, 7) is 3.37. The van der Waals surface area contributed by atoms with Gasteiger partial charge in [-0.2, -0.15) is 5.26 Å². The first-order valence-electron chi connectivity index (χ1n) is 4.55. The molecular weight excluding hydrogens is 192 g/mol. The van der Waals surface area contributed by atoms with E-state index in [0.29, 0.717) is 11.3 Å². The summed E-state index contributed by atoms with van der Waals surface area (Å²) in [4.78, 5) is 10.7. The van der Waals surface area contributed by atoms with E-state index < -0.39 is 12.0 Å². The van der Waals surface area contributed by atoms with E-state index in [4.69, 9.17) is 10.4 Å². The van der Waals surface area contributed by atoms with E-state index in [9.17, 15) is 4.79 Å². The van der Waals surface area contributed by atoms with E-state index in [1.165, 1.54) is 6.92 Å². The molecule has 78 valence electrons. The Hall–Kier alpha value is -2.02. The minimum Gasteiger partial charge on any atom is -0.480 e. The summed E-state index contributed by atoms with van der Waals surface area (Å²) in [6.07, 6.45) is 0. The molecule has 0 amide bonds. The molecule has 2 N–H and O–H groups in total. The minimum atomic E-state index is -0.942. The van der Waals surface area contributed by atoms with Gasteiger partial charge < -0.3 is 10.4 Å². The van der Waals surface area contributed by atoms with Crippen LogP contribution in [0.5, 0.6) is 0 Å². The summed E-state index contributed by atoms with van der Waals surface area (Å²) in [7, 11) is 0. The second kappa shape index (κ2) is 4.47. The maximum Gasteiger partial charge on any atom is 0.325 e. The van der Waals surface area contributed by atoms with Gasteiger partial charge in [0.2, 0.25) is 0 Å². The Balaban J connectivity index is 3.04. The second-order valence-electron chi connectivity index (χ2n) is 3.31. The molecule has 0 aliphatic rings. The number of carboxylic acids is 1. The Kier molecular flexibility index (Phi) is 3.29. The van der Waals surface area contributed by atoms with Gasteiger partial charge >= 0.3 is 5.97 Å². The number of hydrogen-bond acceptors (Lipinski definition) is 3. The number of carboxylic acid groups (broad SMARTS) is 1. The quantitative estimate of drug-likeness (QED) is 0.786. The van der Waals surface area contributed by atoms with Crippen LogP contribution in [0.4, 0.5) is 5.69 Å². The number of aliphatic carboxylic acids is 1. The van der Waals surface area contributed by atoms with Gasteiger partial charge in [-0.3, -0.25) is 4.79 Å². The van der Waals surface area contributed by atoms with Gasteiger partial charge in [0, 0.05) is 0 Å². The van der Waals surface area contributed by atoms with Crippen molar-refractivity contribution in [3.8, 4) is 6.07 Å². The number of benzene rings is 1. The summed E-state index contributed by atoms with van der Waals surface area (Å²) in [6, 6.07) is 6.57. The molecule has 0 radical (unpaired) electrons. The lowest BCUT2D eigenvalue weighted by Crippen LogP contribution is -2.26. The van der Waals surface area contributed by atoms with Crippen LogP contribution < -0.4 is 5.32 Å². The van der Waals surface area contributed by atoms with E-state index in [2.05, 4.69) is 5.32 Å². The highest BCUT2D eigenvalue weighted by Gasteiger charge is 2.13. The van der Waals surface area contributed by atoms with Gasteiger partial charge in [-0.15, -0.1) is 0 Å². The highest BCUT2D eigenvalue weighted by molar-refractivity contribution is 5.78. The number of nitriles is 1. The number of carbonyl (C=O) groups is 1. The first-order chi connectivity index (χ1) is 7.06. The molecule has 0 aromatic heterocycles. The van der Waals surface area contributed by atoms with E-state index in [0.717, 1.165) is 5.56 Å². The molecule has 0 bridgehead atoms. The largest absolute Gasteiger partial charge is 0.480 e. The van der Waals surface area contributed by atoms with Gasteiger partial charge in [-0.1, -0.05) is 12.1 Å². The van der Waals surface area contributed by atoms with Gasteiger partial charge in [0.25, 0.3) is 0 Å². The van der Waals surface area contributed by atoms with Crippen LogP contribution in [0.2, 0.25) is 0 Å². The van der Waals surface area contributed by atoms with Crippen LogP contribution in [0.3, 0.4) is 0 Å². The number of hydrogen-bond donors (Lipinski definition) is 2. The minimum absolute atomic E-state index is 0.461. The van der Waals surface area contributed by atoms with Crippen molar-refractivity contribution in [2.24, 2.45) is 0 Å². The lowest BCUT2D eigenvalue weighted by molar-refractivity contribution is -0.137. The fourth-order valence-electron chi connectivity index (χ4n) is 1.23. The van der Waals surface area contributed by atoms with Crippen molar-refractivity contribution in [3.63, 3.8) is 0 Å². The van der Waals surface area contributed by atoms with Crippen molar-refractivity contribution in [2.45, 2.75) is 19.9 Å². The Morgan fingerprint density at radius 2 is 2.27 bits per heavy atom. The second-order valence-corrected chi connectivity index (χ2v) is 3.31. The van der Waals surface area contributed by atoms with E-state index in [-0.39, 0.29) is 0 Å². The summed E-state index contributed by atoms with van der Waals surface area (Å²) < 4.78 is 0. The van der Waals surface area contributed by atoms with Crippen LogP contribution in [0.1, 0.15) is 18.1 Å². The third kappa shape index (κ3) is 2.47. The fourth-order valence-corrected chi connectivity index (χ4v) is 1.23. The highest BCUT2D eigenvalue weighted by Crippen LogP contribution is 2.20. The molecule has 0 saturated heterocycles. The molecular formula is C11H12N2O2. The smallest absolute Gasteiger partial charge is 0.325 e. The van der Waals surface area contributed by atoms with Crippen LogP contribution in [0.15, 0.2) is 18.2 Å². The summed E-state index contributed by atoms with van der Waals surface area (Å²) in [5.41, 5.74) is 1.92. The zero-order valence-corrected chi connectivity index (χ0v) is 8.61. The van der Waals surface area contributed by atoms with Crippen LogP contribution in [0, 0.1) is 18.3 Å². The molecule has 0 aliphatic heterocycles. The highest BCUT2D eigenvalue weighted by atomic mass is 16.4. The Labute approximate surface area is 88.2 Å². The number of nitrogens with zero attached hydrogens (tertiary/aromatic N) is 1. The molecule has 0 heterocycles. The third-order valence-electron chi connectivity index (χ3n) is 2.12. The van der Waals surface area contributed by atoms with Gasteiger partial charge in [0.15, 0.2) is 0 Å². The van der Waals surface area contributed by atoms with Crippen LogP contribution in [0.25, 0.3) is 0 Å². The zero-order chi connectivity index (χ0) is 11.4. The molecule has 0 fully saturated rings. The average Bonchev–Trinajstić information content (AvgIpc) is 2.20. The van der Waals surface area contributed by atoms with Crippen LogP contribution in [-0.2, 0) is 4.79 Å². The van der Waals surface area contributed by atoms with Crippen molar-refractivity contribution in [3.05, 3.63) is 29.3 Å². The monoisotopic (exact) mass is 204 g/mol. The summed E-state index contributed by atoms with van der Waals surface area (Å²) in [5, 5.41) is 20.4. The van der Waals surface area contributed by atoms with Crippen LogP contribution >= 0.6 is 0 Å². The maximum atomic E-state index is 10.7. The van der Waals surface area contributed by atoms with E-state index in [1.807, 2.05) is 19.1 Å². The molecule has 1 aromatic carbocycles. The molecule has 1 aromatic rings. The van der Waals surface area contributed by atoms with Crippen molar-refractivity contribution in [2.75, 3.05) is 5.32 Å². The topological polar surface area (TPSA) is 73.1 Å². The molecule has 0 spiro atoms. The molecule has 15 heavy (non-hydrogen) atoms.